The molecule has 3 heterocycles. The molecule has 33 heavy (non-hydrogen) atoms. The average molecular weight is 490 g/mol. The van der Waals surface area contributed by atoms with Gasteiger partial charge in [0.1, 0.15) is 12.1 Å². The highest BCUT2D eigenvalue weighted by atomic mass is 32.3. The van der Waals surface area contributed by atoms with Crippen molar-refractivity contribution in [1.29, 1.82) is 0 Å². The Labute approximate surface area is 190 Å². The number of likely N-dealkylation sites (tertiary alicyclic amines) is 1. The number of amides is 5. The van der Waals surface area contributed by atoms with E-state index >= 15 is 0 Å². The molecule has 15 heteroatoms. The van der Waals surface area contributed by atoms with Gasteiger partial charge < -0.3 is 10.0 Å². The molecule has 1 aliphatic carbocycles. The van der Waals surface area contributed by atoms with Gasteiger partial charge in [0.15, 0.2) is 0 Å². The molecule has 3 aliphatic heterocycles. The summed E-state index contributed by atoms with van der Waals surface area (Å²) in [5.74, 6) is -0.460. The van der Waals surface area contributed by atoms with Crippen LogP contribution in [0.5, 0.6) is 0 Å². The number of hydrogen-bond acceptors (Lipinski definition) is 7. The molecule has 1 saturated carbocycles. The fraction of sp³-hybridized carbons (Fsp3) is 0.778. The highest BCUT2D eigenvalue weighted by molar-refractivity contribution is 7.80. The molecule has 4 rings (SSSR count). The second-order valence-corrected chi connectivity index (χ2v) is 10.1. The second-order valence-electron chi connectivity index (χ2n) is 9.05. The highest BCUT2D eigenvalue weighted by Gasteiger charge is 2.49. The number of hydrogen-bond donors (Lipinski definition) is 4. The monoisotopic (exact) mass is 489 g/mol. The smallest absolute Gasteiger partial charge is 0.418 e. The number of nitrogens with zero attached hydrogens (tertiary/aromatic N) is 3. The second kappa shape index (κ2) is 8.95. The molecular weight excluding hydrogens is 462 g/mol. The van der Waals surface area contributed by atoms with Crippen LogP contribution in [-0.4, -0.2) is 88.1 Å². The van der Waals surface area contributed by atoms with Crippen molar-refractivity contribution in [3.63, 3.8) is 0 Å². The van der Waals surface area contributed by atoms with E-state index in [-0.39, 0.29) is 31.8 Å². The SMILES string of the molecule is O=C(NNC(=O)[C@@H]1CC[C@@H]2CN1C(=O)N2OS(=O)(=O)O)C1CC(CC2CC2)CCN1C(=O)O. The number of piperidine rings is 2. The number of urea groups is 1. The Morgan fingerprint density at radius 3 is 2.27 bits per heavy atom. The summed E-state index contributed by atoms with van der Waals surface area (Å²) in [4.78, 5) is 51.6. The molecule has 14 nitrogen and oxygen atoms in total. The Hall–Kier alpha value is -2.65. The molecule has 2 bridgehead atoms. The normalized spacial score (nSPS) is 29.7. The third-order valence-corrected chi connectivity index (χ3v) is 7.08. The molecule has 4 fully saturated rings. The van der Waals surface area contributed by atoms with Gasteiger partial charge in [-0.25, -0.2) is 9.59 Å². The summed E-state index contributed by atoms with van der Waals surface area (Å²) in [5.41, 5.74) is 4.55. The van der Waals surface area contributed by atoms with Crippen LogP contribution < -0.4 is 10.9 Å². The number of carbonyl (C=O) groups excluding carboxylic acids is 3. The first kappa shape index (κ1) is 23.5. The zero-order chi connectivity index (χ0) is 23.9. The lowest BCUT2D eigenvalue weighted by molar-refractivity contribution is -0.135. The number of hydrazine groups is 1. The summed E-state index contributed by atoms with van der Waals surface area (Å²) in [6.07, 6.45) is 3.58. The van der Waals surface area contributed by atoms with Crippen molar-refractivity contribution in [2.75, 3.05) is 13.1 Å². The van der Waals surface area contributed by atoms with Gasteiger partial charge in [-0.3, -0.25) is 29.9 Å². The van der Waals surface area contributed by atoms with Gasteiger partial charge in [0.25, 0.3) is 11.8 Å². The van der Waals surface area contributed by atoms with Gasteiger partial charge in [-0.05, 0) is 43.9 Å². The zero-order valence-corrected chi connectivity index (χ0v) is 18.6. The molecule has 4 N–H and O–H groups in total. The molecule has 5 amide bonds. The van der Waals surface area contributed by atoms with Gasteiger partial charge in [-0.15, -0.1) is 4.28 Å². The lowest BCUT2D eigenvalue weighted by Crippen LogP contribution is -2.59. The van der Waals surface area contributed by atoms with E-state index in [2.05, 4.69) is 15.1 Å². The molecule has 0 aromatic rings. The Kier molecular flexibility index (Phi) is 6.37. The van der Waals surface area contributed by atoms with Crippen molar-refractivity contribution < 1.29 is 41.5 Å². The summed E-state index contributed by atoms with van der Waals surface area (Å²) in [7, 11) is -4.90. The van der Waals surface area contributed by atoms with Gasteiger partial charge in [0.05, 0.1) is 6.04 Å². The molecule has 2 unspecified atom stereocenters. The molecule has 4 atom stereocenters. The molecule has 184 valence electrons. The predicted molar refractivity (Wildman–Crippen MR) is 108 cm³/mol. The van der Waals surface area contributed by atoms with Crippen molar-refractivity contribution in [2.45, 2.75) is 63.1 Å². The van der Waals surface area contributed by atoms with E-state index in [4.69, 9.17) is 4.55 Å². The van der Waals surface area contributed by atoms with E-state index < -0.39 is 52.5 Å². The largest absolute Gasteiger partial charge is 0.465 e. The molecule has 3 saturated heterocycles. The van der Waals surface area contributed by atoms with Crippen LogP contribution in [0.25, 0.3) is 0 Å². The average Bonchev–Trinajstić information content (AvgIpc) is 3.54. The highest BCUT2D eigenvalue weighted by Crippen LogP contribution is 2.39. The number of rotatable bonds is 6. The van der Waals surface area contributed by atoms with E-state index in [1.807, 2.05) is 0 Å². The van der Waals surface area contributed by atoms with Crippen molar-refractivity contribution in [3.8, 4) is 0 Å². The third kappa shape index (κ3) is 5.30. The van der Waals surface area contributed by atoms with E-state index in [0.717, 1.165) is 29.1 Å². The van der Waals surface area contributed by atoms with E-state index in [1.165, 1.54) is 0 Å². The first-order chi connectivity index (χ1) is 15.5. The summed E-state index contributed by atoms with van der Waals surface area (Å²) >= 11 is 0. The molecule has 0 aromatic carbocycles. The Balaban J connectivity index is 1.34. The fourth-order valence-electron chi connectivity index (χ4n) is 4.95. The van der Waals surface area contributed by atoms with Crippen LogP contribution in [0, 0.1) is 11.8 Å². The lowest BCUT2D eigenvalue weighted by Gasteiger charge is -2.37. The van der Waals surface area contributed by atoms with Crippen LogP contribution in [0.2, 0.25) is 0 Å². The minimum absolute atomic E-state index is 0.0125. The van der Waals surface area contributed by atoms with Crippen LogP contribution in [0.1, 0.15) is 44.9 Å². The van der Waals surface area contributed by atoms with Crippen LogP contribution in [-0.2, 0) is 24.3 Å². The minimum Gasteiger partial charge on any atom is -0.465 e. The van der Waals surface area contributed by atoms with Crippen molar-refractivity contribution in [2.24, 2.45) is 11.8 Å². The standard InChI is InChI=1S/C18H27N5O9S/c24-15(13-4-3-12-9-22(13)17(26)23(12)32-33(29,30)31)19-20-16(25)14-8-11(7-10-1-2-10)5-6-21(14)18(27)28/h10-14H,1-9H2,(H,19,24)(H,20,25)(H,27,28)(H,29,30,31)/t11?,12-,13+,14?/m1/s1. The van der Waals surface area contributed by atoms with Crippen molar-refractivity contribution in [1.82, 2.24) is 25.7 Å². The number of carboxylic acid groups (broad SMARTS) is 1. The van der Waals surface area contributed by atoms with Gasteiger partial charge in [-0.1, -0.05) is 12.8 Å². The van der Waals surface area contributed by atoms with E-state index in [9.17, 15) is 32.7 Å². The zero-order valence-electron chi connectivity index (χ0n) is 17.8. The van der Waals surface area contributed by atoms with E-state index in [0.29, 0.717) is 23.8 Å². The maximum Gasteiger partial charge on any atom is 0.418 e. The first-order valence-electron chi connectivity index (χ1n) is 10.9. The third-order valence-electron chi connectivity index (χ3n) is 6.73. The predicted octanol–water partition coefficient (Wildman–Crippen LogP) is -0.304. The van der Waals surface area contributed by atoms with Crippen molar-refractivity contribution >= 4 is 34.3 Å². The van der Waals surface area contributed by atoms with Gasteiger partial charge in [-0.2, -0.15) is 13.5 Å². The number of hydroxylamine groups is 2. The Morgan fingerprint density at radius 2 is 1.67 bits per heavy atom. The molecule has 0 radical (unpaired) electrons. The number of carbonyl (C=O) groups is 4. The van der Waals surface area contributed by atoms with Gasteiger partial charge >= 0.3 is 22.5 Å². The minimum atomic E-state index is -4.90. The quantitative estimate of drug-likeness (QED) is 0.287. The first-order valence-corrected chi connectivity index (χ1v) is 12.3. The number of nitrogens with one attached hydrogen (secondary N) is 2. The Morgan fingerprint density at radius 1 is 1.00 bits per heavy atom. The maximum atomic E-state index is 12.7. The van der Waals surface area contributed by atoms with Crippen LogP contribution in [0.3, 0.4) is 0 Å². The van der Waals surface area contributed by atoms with Crippen LogP contribution in [0.15, 0.2) is 0 Å². The maximum absolute atomic E-state index is 12.7. The molecule has 0 aromatic heterocycles. The summed E-state index contributed by atoms with van der Waals surface area (Å²) in [6.45, 7) is 0.257. The fourth-order valence-corrected chi connectivity index (χ4v) is 5.34. The van der Waals surface area contributed by atoms with Crippen molar-refractivity contribution in [3.05, 3.63) is 0 Å². The van der Waals surface area contributed by atoms with Crippen LogP contribution >= 0.6 is 0 Å². The summed E-state index contributed by atoms with van der Waals surface area (Å²) in [6, 6.07) is -3.46. The lowest BCUT2D eigenvalue weighted by atomic mass is 9.86. The molecular formula is C18H27N5O9S. The summed E-state index contributed by atoms with van der Waals surface area (Å²) < 4.78 is 35.1. The van der Waals surface area contributed by atoms with Gasteiger partial charge in [0.2, 0.25) is 0 Å². The van der Waals surface area contributed by atoms with E-state index in [1.54, 1.807) is 0 Å². The molecule has 0 spiro atoms. The topological polar surface area (TPSA) is 186 Å². The van der Waals surface area contributed by atoms with Gasteiger partial charge in [0, 0.05) is 13.1 Å². The summed E-state index contributed by atoms with van der Waals surface area (Å²) in [5, 5.41) is 9.98. The Bertz CT molecular complexity index is 940. The molecule has 4 aliphatic rings. The van der Waals surface area contributed by atoms with Crippen LogP contribution in [0.4, 0.5) is 9.59 Å². The number of fused-ring (bicyclic) bond motifs is 2.